The van der Waals surface area contributed by atoms with Gasteiger partial charge in [-0.1, -0.05) is 53.4 Å². The Morgan fingerprint density at radius 1 is 1.35 bits per heavy atom. The van der Waals surface area contributed by atoms with Crippen LogP contribution in [0.25, 0.3) is 0 Å². The van der Waals surface area contributed by atoms with E-state index in [2.05, 4.69) is 33.0 Å². The first-order valence-corrected chi connectivity index (χ1v) is 9.13. The van der Waals surface area contributed by atoms with Gasteiger partial charge in [-0.2, -0.15) is 0 Å². The summed E-state index contributed by atoms with van der Waals surface area (Å²) in [6.45, 7) is 1.01. The summed E-state index contributed by atoms with van der Waals surface area (Å²) in [5, 5.41) is 14.9. The maximum absolute atomic E-state index is 11.9. The minimum absolute atomic E-state index is 0. The molecular weight excluding hydrogens is 352 g/mol. The lowest BCUT2D eigenvalue weighted by molar-refractivity contribution is -0.116. The number of nitrogens with one attached hydrogen (secondary N) is 2. The van der Waals surface area contributed by atoms with Crippen molar-refractivity contribution in [3.63, 3.8) is 0 Å². The van der Waals surface area contributed by atoms with E-state index >= 15 is 0 Å². The molecule has 2 aromatic rings. The number of carbonyl (C=O) groups excluding carboxylic acids is 1. The van der Waals surface area contributed by atoms with Crippen LogP contribution in [0.1, 0.15) is 24.8 Å². The molecular formula is C15H19ClN4OS2. The normalized spacial score (nSPS) is 16.8. The standard InChI is InChI=1S/C15H18N4OS2.ClH/c20-13(9-12-7-4-8-16-12)17-14-18-19-15(22-14)21-10-11-5-2-1-3-6-11;/h1-3,5-6,12,16H,4,7-10H2,(H,17,18,20);1H. The van der Waals surface area contributed by atoms with Crippen LogP contribution in [0.2, 0.25) is 0 Å². The molecule has 0 radical (unpaired) electrons. The van der Waals surface area contributed by atoms with E-state index in [1.807, 2.05) is 18.2 Å². The maximum atomic E-state index is 11.9. The quantitative estimate of drug-likeness (QED) is 0.603. The third-order valence-corrected chi connectivity index (χ3v) is 5.50. The Balaban J connectivity index is 0.00000192. The highest BCUT2D eigenvalue weighted by Crippen LogP contribution is 2.28. The van der Waals surface area contributed by atoms with Gasteiger partial charge in [0.05, 0.1) is 0 Å². The first kappa shape index (κ1) is 18.2. The Morgan fingerprint density at radius 2 is 2.17 bits per heavy atom. The topological polar surface area (TPSA) is 66.9 Å². The molecule has 1 aliphatic rings. The summed E-state index contributed by atoms with van der Waals surface area (Å²) in [5.74, 6) is 0.866. The van der Waals surface area contributed by atoms with E-state index in [1.54, 1.807) is 11.8 Å². The van der Waals surface area contributed by atoms with E-state index in [0.29, 0.717) is 17.6 Å². The lowest BCUT2D eigenvalue weighted by atomic mass is 10.1. The molecule has 1 aromatic carbocycles. The second kappa shape index (κ2) is 9.22. The molecule has 1 unspecified atom stereocenters. The van der Waals surface area contributed by atoms with Gasteiger partial charge in [0, 0.05) is 18.2 Å². The molecule has 1 saturated heterocycles. The van der Waals surface area contributed by atoms with Gasteiger partial charge in [0.15, 0.2) is 4.34 Å². The number of anilines is 1. The van der Waals surface area contributed by atoms with Gasteiger partial charge >= 0.3 is 0 Å². The summed E-state index contributed by atoms with van der Waals surface area (Å²) in [4.78, 5) is 11.9. The number of aromatic nitrogens is 2. The molecule has 0 aliphatic carbocycles. The van der Waals surface area contributed by atoms with Gasteiger partial charge in [-0.3, -0.25) is 4.79 Å². The number of benzene rings is 1. The smallest absolute Gasteiger partial charge is 0.227 e. The van der Waals surface area contributed by atoms with Crippen molar-refractivity contribution in [2.45, 2.75) is 35.4 Å². The summed E-state index contributed by atoms with van der Waals surface area (Å²) in [7, 11) is 0. The fraction of sp³-hybridized carbons (Fsp3) is 0.400. The molecule has 8 heteroatoms. The Morgan fingerprint density at radius 3 is 2.91 bits per heavy atom. The number of hydrogen-bond acceptors (Lipinski definition) is 6. The van der Waals surface area contributed by atoms with Gasteiger partial charge in [-0.05, 0) is 24.9 Å². The molecule has 0 bridgehead atoms. The number of halogens is 1. The molecule has 2 heterocycles. The van der Waals surface area contributed by atoms with Gasteiger partial charge in [-0.25, -0.2) is 0 Å². The van der Waals surface area contributed by atoms with Gasteiger partial charge in [-0.15, -0.1) is 22.6 Å². The van der Waals surface area contributed by atoms with Crippen molar-refractivity contribution >= 4 is 46.5 Å². The third kappa shape index (κ3) is 5.76. The molecule has 23 heavy (non-hydrogen) atoms. The Bertz CT molecular complexity index is 617. The third-order valence-electron chi connectivity index (χ3n) is 3.45. The van der Waals surface area contributed by atoms with E-state index < -0.39 is 0 Å². The lowest BCUT2D eigenvalue weighted by Crippen LogP contribution is -2.27. The van der Waals surface area contributed by atoms with Crippen molar-refractivity contribution < 1.29 is 4.79 Å². The Labute approximate surface area is 150 Å². The average molecular weight is 371 g/mol. The number of carbonyl (C=O) groups is 1. The van der Waals surface area contributed by atoms with Crippen LogP contribution in [0, 0.1) is 0 Å². The van der Waals surface area contributed by atoms with E-state index in [-0.39, 0.29) is 18.3 Å². The summed E-state index contributed by atoms with van der Waals surface area (Å²) in [6.07, 6.45) is 2.73. The number of amides is 1. The Hall–Kier alpha value is -1.15. The molecule has 5 nitrogen and oxygen atoms in total. The van der Waals surface area contributed by atoms with Crippen LogP contribution in [-0.4, -0.2) is 28.7 Å². The largest absolute Gasteiger partial charge is 0.313 e. The Kier molecular flexibility index (Phi) is 7.29. The first-order chi connectivity index (χ1) is 10.8. The van der Waals surface area contributed by atoms with Crippen LogP contribution in [0.15, 0.2) is 34.7 Å². The summed E-state index contributed by atoms with van der Waals surface area (Å²) in [5.41, 5.74) is 1.25. The van der Waals surface area contributed by atoms with Crippen molar-refractivity contribution in [2.75, 3.05) is 11.9 Å². The second-order valence-corrected chi connectivity index (χ2v) is 7.39. The van der Waals surface area contributed by atoms with Crippen LogP contribution < -0.4 is 10.6 Å². The highest BCUT2D eigenvalue weighted by atomic mass is 35.5. The monoisotopic (exact) mass is 370 g/mol. The number of nitrogens with zero attached hydrogens (tertiary/aromatic N) is 2. The predicted octanol–water partition coefficient (Wildman–Crippen LogP) is 3.33. The zero-order valence-electron chi connectivity index (χ0n) is 12.5. The van der Waals surface area contributed by atoms with Crippen LogP contribution in [0.4, 0.5) is 5.13 Å². The zero-order chi connectivity index (χ0) is 15.2. The number of rotatable bonds is 6. The molecule has 124 valence electrons. The van der Waals surface area contributed by atoms with Crippen molar-refractivity contribution in [2.24, 2.45) is 0 Å². The van der Waals surface area contributed by atoms with Crippen LogP contribution in [0.3, 0.4) is 0 Å². The van der Waals surface area contributed by atoms with Gasteiger partial charge in [0.2, 0.25) is 11.0 Å². The SMILES string of the molecule is Cl.O=C(CC1CCCN1)Nc1nnc(SCc2ccccc2)s1. The highest BCUT2D eigenvalue weighted by Gasteiger charge is 2.18. The fourth-order valence-electron chi connectivity index (χ4n) is 2.36. The average Bonchev–Trinajstić information content (AvgIpc) is 3.18. The summed E-state index contributed by atoms with van der Waals surface area (Å²) in [6, 6.07) is 10.5. The maximum Gasteiger partial charge on any atom is 0.227 e. The minimum atomic E-state index is 0. The zero-order valence-corrected chi connectivity index (χ0v) is 15.0. The van der Waals surface area contributed by atoms with Gasteiger partial charge in [0.1, 0.15) is 0 Å². The van der Waals surface area contributed by atoms with Crippen molar-refractivity contribution in [1.29, 1.82) is 0 Å². The molecule has 0 spiro atoms. The van der Waals surface area contributed by atoms with E-state index in [0.717, 1.165) is 29.5 Å². The molecule has 1 atom stereocenters. The van der Waals surface area contributed by atoms with Crippen molar-refractivity contribution in [3.05, 3.63) is 35.9 Å². The highest BCUT2D eigenvalue weighted by molar-refractivity contribution is 8.00. The van der Waals surface area contributed by atoms with E-state index in [9.17, 15) is 4.79 Å². The van der Waals surface area contributed by atoms with E-state index in [4.69, 9.17) is 0 Å². The minimum Gasteiger partial charge on any atom is -0.313 e. The summed E-state index contributed by atoms with van der Waals surface area (Å²) >= 11 is 3.06. The number of thioether (sulfide) groups is 1. The molecule has 1 amide bonds. The van der Waals surface area contributed by atoms with Crippen LogP contribution in [0.5, 0.6) is 0 Å². The van der Waals surface area contributed by atoms with Gasteiger partial charge in [0.25, 0.3) is 0 Å². The molecule has 1 aliphatic heterocycles. The molecule has 0 saturated carbocycles. The number of hydrogen-bond donors (Lipinski definition) is 2. The molecule has 2 N–H and O–H groups in total. The first-order valence-electron chi connectivity index (χ1n) is 7.33. The summed E-state index contributed by atoms with van der Waals surface area (Å²) < 4.78 is 0.873. The van der Waals surface area contributed by atoms with E-state index in [1.165, 1.54) is 16.9 Å². The fourth-order valence-corrected chi connectivity index (χ4v) is 4.09. The predicted molar refractivity (Wildman–Crippen MR) is 97.4 cm³/mol. The molecule has 3 rings (SSSR count). The van der Waals surface area contributed by atoms with Crippen molar-refractivity contribution in [1.82, 2.24) is 15.5 Å². The van der Waals surface area contributed by atoms with Crippen molar-refractivity contribution in [3.8, 4) is 0 Å². The van der Waals surface area contributed by atoms with Crippen LogP contribution >= 0.6 is 35.5 Å². The molecule has 1 aromatic heterocycles. The van der Waals surface area contributed by atoms with Gasteiger partial charge < -0.3 is 10.6 Å². The second-order valence-electron chi connectivity index (χ2n) is 5.19. The molecule has 1 fully saturated rings. The van der Waals surface area contributed by atoms with Crippen LogP contribution in [-0.2, 0) is 10.5 Å². The lowest BCUT2D eigenvalue weighted by Gasteiger charge is -2.08.